The van der Waals surface area contributed by atoms with Gasteiger partial charge in [0.1, 0.15) is 18.1 Å². The van der Waals surface area contributed by atoms with E-state index in [2.05, 4.69) is 66.7 Å². The van der Waals surface area contributed by atoms with Crippen LogP contribution < -0.4 is 10.2 Å². The van der Waals surface area contributed by atoms with Gasteiger partial charge in [-0.3, -0.25) is 4.79 Å². The zero-order valence-corrected chi connectivity index (χ0v) is 19.7. The highest BCUT2D eigenvalue weighted by Gasteiger charge is 2.11. The number of hydrazone groups is 1. The molecule has 0 radical (unpaired) electrons. The molecule has 0 saturated heterocycles. The van der Waals surface area contributed by atoms with Crippen LogP contribution in [-0.4, -0.2) is 12.1 Å². The molecular weight excluding hydrogens is 524 g/mol. The number of nitrogens with zero attached hydrogens (tertiary/aromatic N) is 1. The van der Waals surface area contributed by atoms with Gasteiger partial charge in [0.15, 0.2) is 5.76 Å². The SMILES string of the molecule is Cc1ccc(C(=O)N/N=C/c2cc(Br)c(OCc3cccc4ccccc34)c(Br)c2)o1. The molecule has 0 spiro atoms. The predicted molar refractivity (Wildman–Crippen MR) is 129 cm³/mol. The fourth-order valence-electron chi connectivity index (χ4n) is 3.14. The summed E-state index contributed by atoms with van der Waals surface area (Å²) in [6.07, 6.45) is 1.55. The van der Waals surface area contributed by atoms with Crippen LogP contribution in [0, 0.1) is 6.92 Å². The smallest absolute Gasteiger partial charge is 0.307 e. The second kappa shape index (κ2) is 9.49. The molecule has 5 nitrogen and oxygen atoms in total. The first-order valence-corrected chi connectivity index (χ1v) is 11.1. The maximum absolute atomic E-state index is 12.0. The van der Waals surface area contributed by atoms with Crippen molar-refractivity contribution >= 4 is 54.8 Å². The molecule has 1 N–H and O–H groups in total. The molecule has 31 heavy (non-hydrogen) atoms. The van der Waals surface area contributed by atoms with Crippen molar-refractivity contribution in [2.75, 3.05) is 0 Å². The Labute approximate surface area is 196 Å². The molecule has 1 heterocycles. The van der Waals surface area contributed by atoms with Gasteiger partial charge in [-0.25, -0.2) is 5.43 Å². The first-order chi connectivity index (χ1) is 15.0. The average Bonchev–Trinajstić information content (AvgIpc) is 3.19. The average molecular weight is 542 g/mol. The summed E-state index contributed by atoms with van der Waals surface area (Å²) in [5.74, 6) is 1.17. The van der Waals surface area contributed by atoms with Crippen LogP contribution in [0.2, 0.25) is 0 Å². The van der Waals surface area contributed by atoms with Crippen molar-refractivity contribution < 1.29 is 13.9 Å². The number of amides is 1. The summed E-state index contributed by atoms with van der Waals surface area (Å²) in [6, 6.07) is 21.5. The monoisotopic (exact) mass is 540 g/mol. The van der Waals surface area contributed by atoms with Crippen molar-refractivity contribution in [2.45, 2.75) is 13.5 Å². The van der Waals surface area contributed by atoms with E-state index in [1.165, 1.54) is 10.8 Å². The van der Waals surface area contributed by atoms with Crippen LogP contribution in [0.4, 0.5) is 0 Å². The van der Waals surface area contributed by atoms with E-state index < -0.39 is 5.91 Å². The first kappa shape index (κ1) is 21.3. The van der Waals surface area contributed by atoms with Gasteiger partial charge in [-0.2, -0.15) is 5.10 Å². The number of rotatable bonds is 6. The Morgan fingerprint density at radius 3 is 2.55 bits per heavy atom. The van der Waals surface area contributed by atoms with E-state index in [1.54, 1.807) is 25.3 Å². The van der Waals surface area contributed by atoms with Crippen molar-refractivity contribution in [3.05, 3.63) is 98.3 Å². The summed E-state index contributed by atoms with van der Waals surface area (Å²) in [4.78, 5) is 12.0. The zero-order valence-electron chi connectivity index (χ0n) is 16.6. The molecule has 3 aromatic carbocycles. The summed E-state index contributed by atoms with van der Waals surface area (Å²) in [6.45, 7) is 2.21. The summed E-state index contributed by atoms with van der Waals surface area (Å²) >= 11 is 7.13. The fourth-order valence-corrected chi connectivity index (χ4v) is 4.59. The Morgan fingerprint density at radius 2 is 1.81 bits per heavy atom. The van der Waals surface area contributed by atoms with E-state index in [9.17, 15) is 4.79 Å². The molecule has 0 fully saturated rings. The normalized spacial score (nSPS) is 11.2. The number of benzene rings is 3. The van der Waals surface area contributed by atoms with Crippen LogP contribution in [0.15, 0.2) is 85.2 Å². The van der Waals surface area contributed by atoms with Gasteiger partial charge in [-0.15, -0.1) is 0 Å². The molecule has 0 bridgehead atoms. The number of carbonyl (C=O) groups excluding carboxylic acids is 1. The minimum absolute atomic E-state index is 0.217. The summed E-state index contributed by atoms with van der Waals surface area (Å²) in [7, 11) is 0. The number of halogens is 2. The third kappa shape index (κ3) is 5.06. The Kier molecular flexibility index (Phi) is 6.53. The van der Waals surface area contributed by atoms with Crippen LogP contribution >= 0.6 is 31.9 Å². The van der Waals surface area contributed by atoms with E-state index in [-0.39, 0.29) is 5.76 Å². The van der Waals surface area contributed by atoms with Crippen molar-refractivity contribution in [1.82, 2.24) is 5.43 Å². The highest BCUT2D eigenvalue weighted by Crippen LogP contribution is 2.35. The Balaban J connectivity index is 1.45. The van der Waals surface area contributed by atoms with Crippen LogP contribution in [-0.2, 0) is 6.61 Å². The number of ether oxygens (including phenoxy) is 1. The molecule has 156 valence electrons. The molecule has 4 aromatic rings. The molecule has 4 rings (SSSR count). The van der Waals surface area contributed by atoms with Crippen molar-refractivity contribution in [3.63, 3.8) is 0 Å². The number of aryl methyl sites for hydroxylation is 1. The highest BCUT2D eigenvalue weighted by molar-refractivity contribution is 9.11. The number of hydrogen-bond donors (Lipinski definition) is 1. The van der Waals surface area contributed by atoms with Gasteiger partial charge in [-0.05, 0) is 84.9 Å². The minimum Gasteiger partial charge on any atom is -0.487 e. The number of furan rings is 1. The Bertz CT molecular complexity index is 1250. The third-order valence-corrected chi connectivity index (χ3v) is 5.79. The fraction of sp³-hybridized carbons (Fsp3) is 0.0833. The number of nitrogens with one attached hydrogen (secondary N) is 1. The molecular formula is C24H18Br2N2O3. The van der Waals surface area contributed by atoms with Crippen LogP contribution in [0.1, 0.15) is 27.4 Å². The van der Waals surface area contributed by atoms with Crippen molar-refractivity contribution in [2.24, 2.45) is 5.10 Å². The van der Waals surface area contributed by atoms with Crippen molar-refractivity contribution in [1.29, 1.82) is 0 Å². The van der Waals surface area contributed by atoms with Gasteiger partial charge >= 0.3 is 5.91 Å². The largest absolute Gasteiger partial charge is 0.487 e. The molecule has 0 aliphatic heterocycles. The van der Waals surface area contributed by atoms with Crippen LogP contribution in [0.5, 0.6) is 5.75 Å². The van der Waals surface area contributed by atoms with Crippen LogP contribution in [0.3, 0.4) is 0 Å². The lowest BCUT2D eigenvalue weighted by Crippen LogP contribution is -2.16. The van der Waals surface area contributed by atoms with E-state index in [4.69, 9.17) is 9.15 Å². The molecule has 0 unspecified atom stereocenters. The molecule has 0 saturated carbocycles. The summed E-state index contributed by atoms with van der Waals surface area (Å²) in [5, 5.41) is 6.35. The maximum Gasteiger partial charge on any atom is 0.307 e. The van der Waals surface area contributed by atoms with Crippen LogP contribution in [0.25, 0.3) is 10.8 Å². The molecule has 1 aromatic heterocycles. The number of carbonyl (C=O) groups is 1. The summed E-state index contributed by atoms with van der Waals surface area (Å²) < 4.78 is 12.9. The second-order valence-corrected chi connectivity index (χ2v) is 8.56. The second-order valence-electron chi connectivity index (χ2n) is 6.85. The van der Waals surface area contributed by atoms with Crippen molar-refractivity contribution in [3.8, 4) is 5.75 Å². The lowest BCUT2D eigenvalue weighted by Gasteiger charge is -2.13. The van der Waals surface area contributed by atoms with Gasteiger partial charge in [-0.1, -0.05) is 42.5 Å². The molecule has 1 amide bonds. The number of fused-ring (bicyclic) bond motifs is 1. The molecule has 0 aliphatic carbocycles. The van der Waals surface area contributed by atoms with E-state index in [0.717, 1.165) is 20.1 Å². The molecule has 0 aliphatic rings. The molecule has 7 heteroatoms. The molecule has 0 atom stereocenters. The summed E-state index contributed by atoms with van der Waals surface area (Å²) in [5.41, 5.74) is 4.35. The zero-order chi connectivity index (χ0) is 21.8. The quantitative estimate of drug-likeness (QED) is 0.221. The third-order valence-electron chi connectivity index (χ3n) is 4.62. The van der Waals surface area contributed by atoms with E-state index >= 15 is 0 Å². The number of hydrogen-bond acceptors (Lipinski definition) is 4. The minimum atomic E-state index is -0.405. The van der Waals surface area contributed by atoms with Gasteiger partial charge in [0.05, 0.1) is 15.2 Å². The van der Waals surface area contributed by atoms with Gasteiger partial charge in [0, 0.05) is 0 Å². The highest BCUT2D eigenvalue weighted by atomic mass is 79.9. The topological polar surface area (TPSA) is 63.8 Å². The Hall–Kier alpha value is -2.90. The van der Waals surface area contributed by atoms with Gasteiger partial charge in [0.25, 0.3) is 0 Å². The van der Waals surface area contributed by atoms with E-state index in [1.807, 2.05) is 30.3 Å². The maximum atomic E-state index is 12.0. The first-order valence-electron chi connectivity index (χ1n) is 9.49. The standard InChI is InChI=1S/C24H18Br2N2O3/c1-15-9-10-22(31-15)24(29)28-27-13-16-11-20(25)23(21(26)12-16)30-14-18-7-4-6-17-5-2-3-8-19(17)18/h2-13H,14H2,1H3,(H,28,29)/b27-13+. The van der Waals surface area contributed by atoms with Gasteiger partial charge < -0.3 is 9.15 Å². The van der Waals surface area contributed by atoms with Gasteiger partial charge in [0.2, 0.25) is 0 Å². The Morgan fingerprint density at radius 1 is 1.06 bits per heavy atom. The predicted octanol–water partition coefficient (Wildman–Crippen LogP) is 6.61. The van der Waals surface area contributed by atoms with E-state index in [0.29, 0.717) is 18.1 Å². The lowest BCUT2D eigenvalue weighted by molar-refractivity contribution is 0.0926. The lowest BCUT2D eigenvalue weighted by atomic mass is 10.1.